The molecule has 23 heavy (non-hydrogen) atoms. The molecule has 2 bridgehead atoms. The molecule has 0 radical (unpaired) electrons. The maximum absolute atomic E-state index is 12.8. The van der Waals surface area contributed by atoms with E-state index in [1.54, 1.807) is 12.1 Å². The SMILES string of the molecule is Cc1cc(=O)cc2c3c1C[C@@H]1[C@@H]4OC(=O)C(CC2)([C@H](C)[C@H]4O)[C@H]31. The maximum Gasteiger partial charge on any atom is 0.313 e. The number of aliphatic hydroxyl groups is 1. The molecule has 0 amide bonds. The lowest BCUT2D eigenvalue weighted by molar-refractivity contribution is -0.236. The van der Waals surface area contributed by atoms with E-state index in [1.807, 2.05) is 13.8 Å². The Bertz CT molecular complexity index is 814. The van der Waals surface area contributed by atoms with Crippen LogP contribution in [-0.4, -0.2) is 23.3 Å². The molecule has 1 saturated carbocycles. The Hall–Kier alpha value is -1.68. The minimum absolute atomic E-state index is 0.0519. The first-order valence-corrected chi connectivity index (χ1v) is 8.51. The molecule has 1 aromatic carbocycles. The number of aliphatic hydroxyl groups excluding tert-OH is 1. The lowest BCUT2D eigenvalue weighted by atomic mass is 9.49. The lowest BCUT2D eigenvalue weighted by Crippen LogP contribution is -2.67. The van der Waals surface area contributed by atoms with Crippen molar-refractivity contribution >= 4 is 5.97 Å². The number of carbonyl (C=O) groups is 1. The van der Waals surface area contributed by atoms with Crippen molar-refractivity contribution < 1.29 is 14.6 Å². The van der Waals surface area contributed by atoms with E-state index in [-0.39, 0.29) is 29.2 Å². The molecule has 1 aromatic rings. The zero-order valence-corrected chi connectivity index (χ0v) is 13.3. The number of carbonyl (C=O) groups excluding carboxylic acids is 1. The van der Waals surface area contributed by atoms with Crippen LogP contribution >= 0.6 is 0 Å². The predicted molar refractivity (Wildman–Crippen MR) is 83.2 cm³/mol. The monoisotopic (exact) mass is 312 g/mol. The Morgan fingerprint density at radius 3 is 2.87 bits per heavy atom. The molecule has 2 saturated heterocycles. The molecule has 2 heterocycles. The van der Waals surface area contributed by atoms with Gasteiger partial charge in [-0.25, -0.2) is 0 Å². The molecule has 3 aliphatic carbocycles. The molecule has 1 spiro atoms. The van der Waals surface area contributed by atoms with Crippen LogP contribution in [0.5, 0.6) is 0 Å². The zero-order valence-electron chi connectivity index (χ0n) is 13.3. The summed E-state index contributed by atoms with van der Waals surface area (Å²) in [7, 11) is 0. The lowest BCUT2D eigenvalue weighted by Gasteiger charge is -2.59. The Balaban J connectivity index is 1.85. The van der Waals surface area contributed by atoms with Crippen LogP contribution in [0.3, 0.4) is 0 Å². The Kier molecular flexibility index (Phi) is 2.41. The van der Waals surface area contributed by atoms with E-state index in [4.69, 9.17) is 4.74 Å². The number of aryl methyl sites for hydroxylation is 2. The Morgan fingerprint density at radius 1 is 1.30 bits per heavy atom. The van der Waals surface area contributed by atoms with Gasteiger partial charge < -0.3 is 9.84 Å². The Labute approximate surface area is 134 Å². The fourth-order valence-corrected chi connectivity index (χ4v) is 6.03. The van der Waals surface area contributed by atoms with Crippen molar-refractivity contribution in [2.24, 2.45) is 17.3 Å². The highest BCUT2D eigenvalue weighted by Crippen LogP contribution is 2.66. The van der Waals surface area contributed by atoms with Crippen LogP contribution in [0.2, 0.25) is 0 Å². The van der Waals surface area contributed by atoms with Crippen molar-refractivity contribution in [1.29, 1.82) is 0 Å². The minimum Gasteiger partial charge on any atom is -0.459 e. The topological polar surface area (TPSA) is 63.6 Å². The van der Waals surface area contributed by atoms with Gasteiger partial charge in [0, 0.05) is 17.8 Å². The van der Waals surface area contributed by atoms with Crippen LogP contribution in [0.4, 0.5) is 0 Å². The van der Waals surface area contributed by atoms with Gasteiger partial charge in [0.25, 0.3) is 0 Å². The van der Waals surface area contributed by atoms with E-state index >= 15 is 0 Å². The van der Waals surface area contributed by atoms with Gasteiger partial charge in [-0.1, -0.05) is 6.92 Å². The van der Waals surface area contributed by atoms with E-state index in [0.29, 0.717) is 12.8 Å². The summed E-state index contributed by atoms with van der Waals surface area (Å²) in [6.45, 7) is 3.98. The average Bonchev–Trinajstić information content (AvgIpc) is 2.86. The van der Waals surface area contributed by atoms with Gasteiger partial charge in [-0.15, -0.1) is 0 Å². The van der Waals surface area contributed by atoms with Crippen molar-refractivity contribution in [2.75, 3.05) is 0 Å². The number of ether oxygens (including phenoxy) is 1. The largest absolute Gasteiger partial charge is 0.459 e. The van der Waals surface area contributed by atoms with Crippen LogP contribution in [0, 0.1) is 24.2 Å². The molecule has 6 atom stereocenters. The first kappa shape index (κ1) is 13.7. The van der Waals surface area contributed by atoms with Gasteiger partial charge in [0.05, 0.1) is 11.5 Å². The average molecular weight is 312 g/mol. The van der Waals surface area contributed by atoms with E-state index in [0.717, 1.165) is 17.5 Å². The molecule has 1 unspecified atom stereocenters. The van der Waals surface area contributed by atoms with Crippen molar-refractivity contribution in [2.45, 2.75) is 51.2 Å². The summed E-state index contributed by atoms with van der Waals surface area (Å²) in [4.78, 5) is 24.9. The van der Waals surface area contributed by atoms with Crippen molar-refractivity contribution in [1.82, 2.24) is 0 Å². The van der Waals surface area contributed by atoms with E-state index in [1.165, 1.54) is 11.1 Å². The highest BCUT2D eigenvalue weighted by atomic mass is 16.6. The van der Waals surface area contributed by atoms with Crippen molar-refractivity contribution in [3.63, 3.8) is 0 Å². The molecular formula is C19H20O4. The third-order valence-corrected chi connectivity index (χ3v) is 7.07. The fourth-order valence-electron chi connectivity index (χ4n) is 6.03. The van der Waals surface area contributed by atoms with Gasteiger partial charge >= 0.3 is 5.97 Å². The summed E-state index contributed by atoms with van der Waals surface area (Å²) in [6.07, 6.45) is 1.21. The molecule has 3 fully saturated rings. The molecule has 120 valence electrons. The molecular weight excluding hydrogens is 292 g/mol. The number of hydrogen-bond acceptors (Lipinski definition) is 4. The minimum atomic E-state index is -0.610. The molecule has 6 rings (SSSR count). The smallest absolute Gasteiger partial charge is 0.313 e. The van der Waals surface area contributed by atoms with E-state index in [9.17, 15) is 14.7 Å². The maximum atomic E-state index is 12.8. The first-order chi connectivity index (χ1) is 10.9. The highest BCUT2D eigenvalue weighted by molar-refractivity contribution is 5.83. The Morgan fingerprint density at radius 2 is 2.09 bits per heavy atom. The van der Waals surface area contributed by atoms with Gasteiger partial charge in [0.15, 0.2) is 5.43 Å². The molecule has 4 nitrogen and oxygen atoms in total. The number of rotatable bonds is 0. The second kappa shape index (κ2) is 4.04. The molecule has 2 aliphatic heterocycles. The summed E-state index contributed by atoms with van der Waals surface area (Å²) < 4.78 is 5.67. The van der Waals surface area contributed by atoms with Gasteiger partial charge in [0.2, 0.25) is 0 Å². The van der Waals surface area contributed by atoms with Crippen LogP contribution in [0.25, 0.3) is 0 Å². The van der Waals surface area contributed by atoms with Crippen LogP contribution in [0.1, 0.15) is 41.5 Å². The fraction of sp³-hybridized carbons (Fsp3) is 0.579. The van der Waals surface area contributed by atoms with Gasteiger partial charge in [-0.3, -0.25) is 9.59 Å². The van der Waals surface area contributed by atoms with Crippen molar-refractivity contribution in [3.05, 3.63) is 44.6 Å². The van der Waals surface area contributed by atoms with Crippen LogP contribution in [-0.2, 0) is 22.4 Å². The van der Waals surface area contributed by atoms with E-state index in [2.05, 4.69) is 0 Å². The quantitative estimate of drug-likeness (QED) is 0.737. The summed E-state index contributed by atoms with van der Waals surface area (Å²) in [5.74, 6) is 0.0405. The number of esters is 1. The van der Waals surface area contributed by atoms with Crippen LogP contribution in [0.15, 0.2) is 16.9 Å². The molecule has 0 aromatic heterocycles. The van der Waals surface area contributed by atoms with Gasteiger partial charge in [-0.05, 0) is 60.6 Å². The summed E-state index contributed by atoms with van der Waals surface area (Å²) in [6, 6.07) is 3.47. The normalized spacial score (nSPS) is 42.4. The highest BCUT2D eigenvalue weighted by Gasteiger charge is 2.70. The summed E-state index contributed by atoms with van der Waals surface area (Å²) in [5.41, 5.74) is 4.00. The molecule has 4 heteroatoms. The van der Waals surface area contributed by atoms with Crippen molar-refractivity contribution in [3.8, 4) is 0 Å². The first-order valence-electron chi connectivity index (χ1n) is 8.51. The van der Waals surface area contributed by atoms with Gasteiger partial charge in [-0.2, -0.15) is 0 Å². The third-order valence-electron chi connectivity index (χ3n) is 7.07. The summed E-state index contributed by atoms with van der Waals surface area (Å²) in [5, 5.41) is 10.7. The third kappa shape index (κ3) is 1.38. The summed E-state index contributed by atoms with van der Waals surface area (Å²) >= 11 is 0. The second-order valence-corrected chi connectivity index (χ2v) is 7.83. The standard InChI is InChI=1S/C19H20O4/c1-8-5-11(20)6-10-3-4-19-9(2)16(21)17(23-18(19)22)13-7-12(8)14(10)15(13)19/h5-6,9,13,15-17,21H,3-4,7H2,1-2H3/t9-,13+,15+,16-,17+,19?/m1/s1. The predicted octanol–water partition coefficient (Wildman–Crippen LogP) is 1.48. The molecule has 1 N–H and O–H groups in total. The number of fused-ring (bicyclic) bond motifs is 2. The zero-order chi connectivity index (χ0) is 16.1. The van der Waals surface area contributed by atoms with E-state index < -0.39 is 17.6 Å². The van der Waals surface area contributed by atoms with Gasteiger partial charge in [0.1, 0.15) is 6.10 Å². The second-order valence-electron chi connectivity index (χ2n) is 7.83. The molecule has 5 aliphatic rings. The van der Waals surface area contributed by atoms with Crippen LogP contribution < -0.4 is 5.43 Å². The number of hydrogen-bond donors (Lipinski definition) is 1.